The van der Waals surface area contributed by atoms with Gasteiger partial charge in [0.25, 0.3) is 0 Å². The normalized spacial score (nSPS) is 11.8. The van der Waals surface area contributed by atoms with E-state index in [1.165, 1.54) is 12.1 Å². The van der Waals surface area contributed by atoms with Gasteiger partial charge in [0.05, 0.1) is 0 Å². The van der Waals surface area contributed by atoms with E-state index in [-0.39, 0.29) is 5.75 Å². The third-order valence-electron chi connectivity index (χ3n) is 2.59. The summed E-state index contributed by atoms with van der Waals surface area (Å²) in [5.41, 5.74) is 6.40. The van der Waals surface area contributed by atoms with E-state index in [0.717, 1.165) is 16.3 Å². The van der Waals surface area contributed by atoms with Gasteiger partial charge in [-0.3, -0.25) is 0 Å². The lowest BCUT2D eigenvalue weighted by Gasteiger charge is -2.11. The number of halogens is 3. The van der Waals surface area contributed by atoms with Gasteiger partial charge in [0.15, 0.2) is 0 Å². The molecule has 2 rings (SSSR count). The summed E-state index contributed by atoms with van der Waals surface area (Å²) >= 11 is 0. The van der Waals surface area contributed by atoms with Crippen LogP contribution in [0.2, 0.25) is 0 Å². The monoisotopic (exact) mass is 255 g/mol. The average Bonchev–Trinajstić information content (AvgIpc) is 2.28. The third kappa shape index (κ3) is 2.92. The van der Waals surface area contributed by atoms with Gasteiger partial charge in [0.2, 0.25) is 0 Å². The first kappa shape index (κ1) is 12.7. The Hall–Kier alpha value is -1.75. The first-order valence-electron chi connectivity index (χ1n) is 5.47. The molecule has 0 atom stereocenters. The van der Waals surface area contributed by atoms with Crippen LogP contribution in [0.5, 0.6) is 5.75 Å². The molecule has 0 aromatic heterocycles. The van der Waals surface area contributed by atoms with Crippen LogP contribution in [-0.4, -0.2) is 12.9 Å². The molecule has 0 radical (unpaired) electrons. The Bertz CT molecular complexity index is 551. The summed E-state index contributed by atoms with van der Waals surface area (Å²) in [5.74, 6) is -0.209. The van der Waals surface area contributed by atoms with E-state index < -0.39 is 6.36 Å². The van der Waals surface area contributed by atoms with Gasteiger partial charge >= 0.3 is 6.36 Å². The SMILES string of the molecule is NCCc1cccc2ccc(OC(F)(F)F)cc12. The number of fused-ring (bicyclic) bond motifs is 1. The van der Waals surface area contributed by atoms with E-state index in [1.54, 1.807) is 6.07 Å². The molecule has 0 aliphatic rings. The lowest BCUT2D eigenvalue weighted by molar-refractivity contribution is -0.274. The fourth-order valence-corrected chi connectivity index (χ4v) is 1.89. The van der Waals surface area contributed by atoms with Crippen molar-refractivity contribution in [1.29, 1.82) is 0 Å². The smallest absolute Gasteiger partial charge is 0.406 e. The van der Waals surface area contributed by atoms with E-state index in [4.69, 9.17) is 5.73 Å². The summed E-state index contributed by atoms with van der Waals surface area (Å²) in [6.45, 7) is 0.448. The Balaban J connectivity index is 2.45. The van der Waals surface area contributed by atoms with Crippen LogP contribution >= 0.6 is 0 Å². The predicted octanol–water partition coefficient (Wildman–Crippen LogP) is 3.24. The van der Waals surface area contributed by atoms with Crippen molar-refractivity contribution in [2.24, 2.45) is 5.73 Å². The standard InChI is InChI=1S/C13H12F3NO/c14-13(15,16)18-11-5-4-9-2-1-3-10(6-7-17)12(9)8-11/h1-5,8H,6-7,17H2. The maximum Gasteiger partial charge on any atom is 0.573 e. The summed E-state index contributed by atoms with van der Waals surface area (Å²) < 4.78 is 40.4. The maximum atomic E-state index is 12.1. The lowest BCUT2D eigenvalue weighted by Crippen LogP contribution is -2.17. The molecule has 0 spiro atoms. The number of alkyl halides is 3. The molecule has 2 aromatic carbocycles. The van der Waals surface area contributed by atoms with Gasteiger partial charge in [0, 0.05) is 0 Å². The zero-order valence-corrected chi connectivity index (χ0v) is 9.50. The average molecular weight is 255 g/mol. The number of benzene rings is 2. The van der Waals surface area contributed by atoms with Crippen molar-refractivity contribution in [2.75, 3.05) is 6.54 Å². The highest BCUT2D eigenvalue weighted by Crippen LogP contribution is 2.28. The van der Waals surface area contributed by atoms with Crippen molar-refractivity contribution in [2.45, 2.75) is 12.8 Å². The highest BCUT2D eigenvalue weighted by Gasteiger charge is 2.31. The van der Waals surface area contributed by atoms with Crippen LogP contribution in [0.1, 0.15) is 5.56 Å². The molecule has 0 heterocycles. The largest absolute Gasteiger partial charge is 0.573 e. The third-order valence-corrected chi connectivity index (χ3v) is 2.59. The van der Waals surface area contributed by atoms with E-state index >= 15 is 0 Å². The number of hydrogen-bond donors (Lipinski definition) is 1. The molecule has 5 heteroatoms. The summed E-state index contributed by atoms with van der Waals surface area (Å²) in [7, 11) is 0. The Morgan fingerprint density at radius 3 is 2.56 bits per heavy atom. The molecule has 18 heavy (non-hydrogen) atoms. The minimum atomic E-state index is -4.67. The van der Waals surface area contributed by atoms with Gasteiger partial charge in [-0.15, -0.1) is 13.2 Å². The van der Waals surface area contributed by atoms with Crippen molar-refractivity contribution >= 4 is 10.8 Å². The summed E-state index contributed by atoms with van der Waals surface area (Å²) in [6.07, 6.45) is -4.05. The van der Waals surface area contributed by atoms with Crippen LogP contribution < -0.4 is 10.5 Å². The quantitative estimate of drug-likeness (QED) is 0.913. The molecule has 0 amide bonds. The Morgan fingerprint density at radius 2 is 1.89 bits per heavy atom. The number of hydrogen-bond acceptors (Lipinski definition) is 2. The molecule has 2 nitrogen and oxygen atoms in total. The minimum Gasteiger partial charge on any atom is -0.406 e. The van der Waals surface area contributed by atoms with Gasteiger partial charge in [-0.05, 0) is 41.4 Å². The van der Waals surface area contributed by atoms with Crippen LogP contribution in [-0.2, 0) is 6.42 Å². The van der Waals surface area contributed by atoms with E-state index in [0.29, 0.717) is 13.0 Å². The van der Waals surface area contributed by atoms with Gasteiger partial charge in [0.1, 0.15) is 5.75 Å². The van der Waals surface area contributed by atoms with Crippen LogP contribution in [0.15, 0.2) is 36.4 Å². The van der Waals surface area contributed by atoms with Crippen LogP contribution in [0, 0.1) is 0 Å². The molecule has 0 bridgehead atoms. The molecule has 0 fully saturated rings. The first-order chi connectivity index (χ1) is 8.49. The Kier molecular flexibility index (Phi) is 3.43. The second kappa shape index (κ2) is 4.86. The van der Waals surface area contributed by atoms with Crippen LogP contribution in [0.25, 0.3) is 10.8 Å². The zero-order chi connectivity index (χ0) is 13.2. The van der Waals surface area contributed by atoms with Crippen molar-refractivity contribution in [1.82, 2.24) is 0 Å². The summed E-state index contributed by atoms with van der Waals surface area (Å²) in [4.78, 5) is 0. The molecular weight excluding hydrogens is 243 g/mol. The second-order valence-corrected chi connectivity index (χ2v) is 3.89. The zero-order valence-electron chi connectivity index (χ0n) is 9.50. The van der Waals surface area contributed by atoms with E-state index in [9.17, 15) is 13.2 Å². The van der Waals surface area contributed by atoms with Crippen molar-refractivity contribution in [3.05, 3.63) is 42.0 Å². The molecule has 2 N–H and O–H groups in total. The highest BCUT2D eigenvalue weighted by molar-refractivity contribution is 5.87. The van der Waals surface area contributed by atoms with Gasteiger partial charge < -0.3 is 10.5 Å². The van der Waals surface area contributed by atoms with Crippen LogP contribution in [0.4, 0.5) is 13.2 Å². The molecule has 0 aliphatic carbocycles. The topological polar surface area (TPSA) is 35.2 Å². The molecule has 0 saturated carbocycles. The molecule has 0 unspecified atom stereocenters. The molecule has 2 aromatic rings. The van der Waals surface area contributed by atoms with Crippen molar-refractivity contribution < 1.29 is 17.9 Å². The first-order valence-corrected chi connectivity index (χ1v) is 5.47. The fraction of sp³-hybridized carbons (Fsp3) is 0.231. The van der Waals surface area contributed by atoms with Crippen LogP contribution in [0.3, 0.4) is 0 Å². The van der Waals surface area contributed by atoms with E-state index in [1.807, 2.05) is 18.2 Å². The highest BCUT2D eigenvalue weighted by atomic mass is 19.4. The summed E-state index contributed by atoms with van der Waals surface area (Å²) in [6, 6.07) is 9.86. The molecular formula is C13H12F3NO. The predicted molar refractivity (Wildman–Crippen MR) is 63.4 cm³/mol. The van der Waals surface area contributed by atoms with Gasteiger partial charge in [-0.25, -0.2) is 0 Å². The second-order valence-electron chi connectivity index (χ2n) is 3.89. The number of nitrogens with two attached hydrogens (primary N) is 1. The van der Waals surface area contributed by atoms with Crippen molar-refractivity contribution in [3.63, 3.8) is 0 Å². The summed E-state index contributed by atoms with van der Waals surface area (Å²) in [5, 5.41) is 1.61. The van der Waals surface area contributed by atoms with Crippen molar-refractivity contribution in [3.8, 4) is 5.75 Å². The number of rotatable bonds is 3. The van der Waals surface area contributed by atoms with Gasteiger partial charge in [-0.1, -0.05) is 24.3 Å². The number of ether oxygens (including phenoxy) is 1. The Labute approximate surface area is 102 Å². The molecule has 0 saturated heterocycles. The maximum absolute atomic E-state index is 12.1. The Morgan fingerprint density at radius 1 is 1.11 bits per heavy atom. The minimum absolute atomic E-state index is 0.209. The van der Waals surface area contributed by atoms with E-state index in [2.05, 4.69) is 4.74 Å². The molecule has 0 aliphatic heterocycles. The van der Waals surface area contributed by atoms with Gasteiger partial charge in [-0.2, -0.15) is 0 Å². The molecule has 96 valence electrons. The lowest BCUT2D eigenvalue weighted by atomic mass is 10.0. The fourth-order valence-electron chi connectivity index (χ4n) is 1.89.